The number of rotatable bonds is 3. The van der Waals surface area contributed by atoms with Crippen molar-refractivity contribution in [2.24, 2.45) is 0 Å². The molecule has 1 rings (SSSR count). The van der Waals surface area contributed by atoms with Gasteiger partial charge >= 0.3 is 6.09 Å². The first-order chi connectivity index (χ1) is 8.29. The summed E-state index contributed by atoms with van der Waals surface area (Å²) in [4.78, 5) is 27.3. The lowest BCUT2D eigenvalue weighted by molar-refractivity contribution is 0.0496. The van der Waals surface area contributed by atoms with Crippen LogP contribution in [0.4, 0.5) is 4.79 Å². The summed E-state index contributed by atoms with van der Waals surface area (Å²) in [5.74, 6) is -0.200. The van der Waals surface area contributed by atoms with Crippen molar-refractivity contribution in [2.75, 3.05) is 0 Å². The molecule has 0 aliphatic carbocycles. The van der Waals surface area contributed by atoms with E-state index in [-0.39, 0.29) is 5.78 Å². The van der Waals surface area contributed by atoms with E-state index in [2.05, 4.69) is 10.3 Å². The highest BCUT2D eigenvalue weighted by Crippen LogP contribution is 2.07. The largest absolute Gasteiger partial charge is 0.444 e. The SMILES string of the molecule is C[C@H](NC(=O)OC(C)(C)C)C(=O)c1cccnc1. The van der Waals surface area contributed by atoms with Crippen molar-refractivity contribution in [3.63, 3.8) is 0 Å². The summed E-state index contributed by atoms with van der Waals surface area (Å²) < 4.78 is 5.08. The number of nitrogens with zero attached hydrogens (tertiary/aromatic N) is 1. The van der Waals surface area contributed by atoms with Crippen molar-refractivity contribution in [1.82, 2.24) is 10.3 Å². The average Bonchev–Trinajstić information content (AvgIpc) is 2.26. The van der Waals surface area contributed by atoms with Crippen molar-refractivity contribution >= 4 is 11.9 Å². The summed E-state index contributed by atoms with van der Waals surface area (Å²) >= 11 is 0. The van der Waals surface area contributed by atoms with Crippen LogP contribution < -0.4 is 5.32 Å². The van der Waals surface area contributed by atoms with Crippen molar-refractivity contribution in [3.05, 3.63) is 30.1 Å². The third-order valence-electron chi connectivity index (χ3n) is 2.07. The maximum absolute atomic E-state index is 11.9. The molecule has 0 aromatic carbocycles. The minimum absolute atomic E-state index is 0.200. The number of Topliss-reactive ketones (excluding diaryl/α,β-unsaturated/α-hetero) is 1. The van der Waals surface area contributed by atoms with Gasteiger partial charge < -0.3 is 10.1 Å². The molecule has 1 heterocycles. The van der Waals surface area contributed by atoms with E-state index in [4.69, 9.17) is 4.74 Å². The third kappa shape index (κ3) is 4.53. The molecule has 1 amide bonds. The van der Waals surface area contributed by atoms with Gasteiger partial charge in [-0.25, -0.2) is 4.79 Å². The summed E-state index contributed by atoms with van der Waals surface area (Å²) in [6.45, 7) is 6.90. The average molecular weight is 250 g/mol. The standard InChI is InChI=1S/C13H18N2O3/c1-9(15-12(17)18-13(2,3)4)11(16)10-6-5-7-14-8-10/h5-9H,1-4H3,(H,15,17)/t9-/m0/s1. The summed E-state index contributed by atoms with van der Waals surface area (Å²) in [7, 11) is 0. The second-order valence-electron chi connectivity index (χ2n) is 4.97. The monoisotopic (exact) mass is 250 g/mol. The Morgan fingerprint density at radius 3 is 2.56 bits per heavy atom. The number of alkyl carbamates (subject to hydrolysis) is 1. The Hall–Kier alpha value is -1.91. The van der Waals surface area contributed by atoms with Crippen LogP contribution in [-0.2, 0) is 4.74 Å². The molecule has 0 saturated carbocycles. The van der Waals surface area contributed by atoms with Crippen molar-refractivity contribution in [3.8, 4) is 0 Å². The molecule has 0 saturated heterocycles. The van der Waals surface area contributed by atoms with E-state index in [1.807, 2.05) is 0 Å². The summed E-state index contributed by atoms with van der Waals surface area (Å²) in [6, 6.07) is 2.68. The predicted octanol–water partition coefficient (Wildman–Crippen LogP) is 2.18. The van der Waals surface area contributed by atoms with Gasteiger partial charge in [0, 0.05) is 18.0 Å². The molecule has 0 fully saturated rings. The Balaban J connectivity index is 2.59. The Bertz CT molecular complexity index is 424. The lowest BCUT2D eigenvalue weighted by atomic mass is 10.1. The number of nitrogens with one attached hydrogen (secondary N) is 1. The van der Waals surface area contributed by atoms with Crippen LogP contribution in [0.3, 0.4) is 0 Å². The summed E-state index contributed by atoms with van der Waals surface area (Å²) in [5.41, 5.74) is -0.123. The van der Waals surface area contributed by atoms with Crippen molar-refractivity contribution in [2.45, 2.75) is 39.3 Å². The lowest BCUT2D eigenvalue weighted by Gasteiger charge is -2.21. The first kappa shape index (κ1) is 14.2. The fourth-order valence-corrected chi connectivity index (χ4v) is 1.31. The smallest absolute Gasteiger partial charge is 0.408 e. The van der Waals surface area contributed by atoms with Gasteiger partial charge in [-0.2, -0.15) is 0 Å². The van der Waals surface area contributed by atoms with E-state index in [0.717, 1.165) is 0 Å². The molecule has 0 aliphatic heterocycles. The fourth-order valence-electron chi connectivity index (χ4n) is 1.31. The minimum atomic E-state index is -0.649. The van der Waals surface area contributed by atoms with Crippen molar-refractivity contribution < 1.29 is 14.3 Å². The summed E-state index contributed by atoms with van der Waals surface area (Å²) in [6.07, 6.45) is 2.45. The number of hydrogen-bond acceptors (Lipinski definition) is 4. The quantitative estimate of drug-likeness (QED) is 0.835. The van der Waals surface area contributed by atoms with E-state index in [0.29, 0.717) is 5.56 Å². The molecule has 98 valence electrons. The number of aromatic nitrogens is 1. The zero-order valence-electron chi connectivity index (χ0n) is 11.1. The molecule has 1 N–H and O–H groups in total. The zero-order chi connectivity index (χ0) is 13.8. The van der Waals surface area contributed by atoms with Crippen LogP contribution in [0.25, 0.3) is 0 Å². The van der Waals surface area contributed by atoms with Gasteiger partial charge in [0.15, 0.2) is 5.78 Å². The molecule has 0 radical (unpaired) electrons. The van der Waals surface area contributed by atoms with Crippen LogP contribution in [0.2, 0.25) is 0 Å². The van der Waals surface area contributed by atoms with Crippen LogP contribution in [0, 0.1) is 0 Å². The van der Waals surface area contributed by atoms with Gasteiger partial charge in [0.2, 0.25) is 0 Å². The molecule has 0 bridgehead atoms. The van der Waals surface area contributed by atoms with Crippen molar-refractivity contribution in [1.29, 1.82) is 0 Å². The number of pyridine rings is 1. The maximum atomic E-state index is 11.9. The van der Waals surface area contributed by atoms with E-state index < -0.39 is 17.7 Å². The molecule has 5 heteroatoms. The normalized spacial score (nSPS) is 12.7. The highest BCUT2D eigenvalue weighted by atomic mass is 16.6. The number of carbonyl (C=O) groups excluding carboxylic acids is 2. The Labute approximate surface area is 107 Å². The predicted molar refractivity (Wildman–Crippen MR) is 67.4 cm³/mol. The van der Waals surface area contributed by atoms with E-state index >= 15 is 0 Å². The molecule has 0 aliphatic rings. The highest BCUT2D eigenvalue weighted by molar-refractivity contribution is 6.00. The Morgan fingerprint density at radius 1 is 1.39 bits per heavy atom. The second-order valence-corrected chi connectivity index (χ2v) is 4.97. The summed E-state index contributed by atoms with van der Waals surface area (Å²) in [5, 5.41) is 2.50. The zero-order valence-corrected chi connectivity index (χ0v) is 11.1. The first-order valence-electron chi connectivity index (χ1n) is 5.73. The van der Waals surface area contributed by atoms with Gasteiger partial charge in [-0.05, 0) is 39.8 Å². The van der Waals surface area contributed by atoms with Gasteiger partial charge in [-0.3, -0.25) is 9.78 Å². The molecular formula is C13H18N2O3. The van der Waals surface area contributed by atoms with E-state index in [1.165, 1.54) is 6.20 Å². The third-order valence-corrected chi connectivity index (χ3v) is 2.07. The van der Waals surface area contributed by atoms with Gasteiger partial charge in [0.1, 0.15) is 5.60 Å². The molecule has 18 heavy (non-hydrogen) atoms. The maximum Gasteiger partial charge on any atom is 0.408 e. The Kier molecular flexibility index (Phi) is 4.42. The number of ketones is 1. The lowest BCUT2D eigenvalue weighted by Crippen LogP contribution is -2.41. The van der Waals surface area contributed by atoms with Crippen LogP contribution in [0.1, 0.15) is 38.1 Å². The number of carbonyl (C=O) groups is 2. The molecule has 1 atom stereocenters. The molecular weight excluding hydrogens is 232 g/mol. The van der Waals surface area contributed by atoms with Gasteiger partial charge in [0.05, 0.1) is 6.04 Å². The minimum Gasteiger partial charge on any atom is -0.444 e. The van der Waals surface area contributed by atoms with E-state index in [9.17, 15) is 9.59 Å². The highest BCUT2D eigenvalue weighted by Gasteiger charge is 2.21. The first-order valence-corrected chi connectivity index (χ1v) is 5.73. The Morgan fingerprint density at radius 2 is 2.06 bits per heavy atom. The second kappa shape index (κ2) is 5.62. The fraction of sp³-hybridized carbons (Fsp3) is 0.462. The van der Waals surface area contributed by atoms with Gasteiger partial charge in [-0.1, -0.05) is 0 Å². The number of ether oxygens (including phenoxy) is 1. The van der Waals surface area contributed by atoms with E-state index in [1.54, 1.807) is 46.0 Å². The van der Waals surface area contributed by atoms with Crippen LogP contribution in [-0.4, -0.2) is 28.5 Å². The molecule has 0 spiro atoms. The van der Waals surface area contributed by atoms with Crippen LogP contribution in [0.5, 0.6) is 0 Å². The molecule has 1 aromatic rings. The number of hydrogen-bond donors (Lipinski definition) is 1. The van der Waals surface area contributed by atoms with Gasteiger partial charge in [0.25, 0.3) is 0 Å². The van der Waals surface area contributed by atoms with Gasteiger partial charge in [-0.15, -0.1) is 0 Å². The van der Waals surface area contributed by atoms with Crippen LogP contribution in [0.15, 0.2) is 24.5 Å². The topological polar surface area (TPSA) is 68.3 Å². The molecule has 5 nitrogen and oxygen atoms in total. The molecule has 1 aromatic heterocycles. The number of amides is 1. The van der Waals surface area contributed by atoms with Crippen LogP contribution >= 0.6 is 0 Å². The molecule has 0 unspecified atom stereocenters.